The molecule has 0 bridgehead atoms. The first-order valence-electron chi connectivity index (χ1n) is 14.8. The first-order chi connectivity index (χ1) is 21.3. The van der Waals surface area contributed by atoms with Crippen molar-refractivity contribution in [2.75, 3.05) is 43.4 Å². The Morgan fingerprint density at radius 1 is 0.909 bits per heavy atom. The molecule has 1 saturated heterocycles. The van der Waals surface area contributed by atoms with E-state index in [1.165, 1.54) is 5.69 Å². The Morgan fingerprint density at radius 3 is 2.36 bits per heavy atom. The number of carbonyl (C=O) groups excluding carboxylic acids is 1. The molecule has 6 rings (SSSR count). The van der Waals surface area contributed by atoms with Gasteiger partial charge in [0.1, 0.15) is 11.3 Å². The first-order valence-corrected chi connectivity index (χ1v) is 15.2. The molecule has 224 valence electrons. The number of rotatable bonds is 8. The van der Waals surface area contributed by atoms with E-state index in [9.17, 15) is 9.59 Å². The first kappa shape index (κ1) is 29.5. The maximum atomic E-state index is 13.7. The van der Waals surface area contributed by atoms with Crippen LogP contribution in [0.2, 0.25) is 5.02 Å². The van der Waals surface area contributed by atoms with Crippen LogP contribution in [0.4, 0.5) is 17.3 Å². The summed E-state index contributed by atoms with van der Waals surface area (Å²) in [5.74, 6) is 0.394. The van der Waals surface area contributed by atoms with Crippen molar-refractivity contribution >= 4 is 45.7 Å². The molecule has 1 aliphatic rings. The van der Waals surface area contributed by atoms with Gasteiger partial charge in [-0.15, -0.1) is 0 Å². The van der Waals surface area contributed by atoms with Gasteiger partial charge in [-0.05, 0) is 73.6 Å². The van der Waals surface area contributed by atoms with Crippen molar-refractivity contribution < 1.29 is 4.79 Å². The average Bonchev–Trinajstić information content (AvgIpc) is 3.05. The molecule has 4 heterocycles. The molecule has 1 N–H and O–H groups in total. The van der Waals surface area contributed by atoms with Crippen molar-refractivity contribution in [1.82, 2.24) is 24.4 Å². The normalized spacial score (nSPS) is 13.8. The van der Waals surface area contributed by atoms with Gasteiger partial charge in [-0.25, -0.2) is 4.98 Å². The molecule has 10 heteroatoms. The number of nitrogens with zero attached hydrogens (tertiary/aromatic N) is 6. The summed E-state index contributed by atoms with van der Waals surface area (Å²) in [6, 6.07) is 19.2. The molecule has 0 aliphatic carbocycles. The van der Waals surface area contributed by atoms with Crippen LogP contribution < -0.4 is 15.8 Å². The summed E-state index contributed by atoms with van der Waals surface area (Å²) in [5.41, 5.74) is 5.59. The van der Waals surface area contributed by atoms with Gasteiger partial charge in [0, 0.05) is 84.4 Å². The van der Waals surface area contributed by atoms with E-state index in [4.69, 9.17) is 16.6 Å². The maximum Gasteiger partial charge on any atom is 0.260 e. The van der Waals surface area contributed by atoms with Crippen molar-refractivity contribution in [3.63, 3.8) is 0 Å². The van der Waals surface area contributed by atoms with Gasteiger partial charge in [0.05, 0.1) is 0 Å². The number of hydrogen-bond donors (Lipinski definition) is 1. The van der Waals surface area contributed by atoms with Crippen LogP contribution in [-0.4, -0.2) is 63.4 Å². The van der Waals surface area contributed by atoms with E-state index < -0.39 is 0 Å². The second-order valence-electron chi connectivity index (χ2n) is 10.9. The number of piperazine rings is 1. The molecular weight excluding hydrogens is 574 g/mol. The molecule has 1 fully saturated rings. The Kier molecular flexibility index (Phi) is 8.41. The highest BCUT2D eigenvalue weighted by Gasteiger charge is 2.17. The van der Waals surface area contributed by atoms with E-state index in [1.54, 1.807) is 29.1 Å². The van der Waals surface area contributed by atoms with Gasteiger partial charge in [0.2, 0.25) is 5.95 Å². The molecule has 2 aromatic carbocycles. The highest BCUT2D eigenvalue weighted by molar-refractivity contribution is 6.33. The average molecular weight is 608 g/mol. The predicted molar refractivity (Wildman–Crippen MR) is 177 cm³/mol. The standard InChI is InChI=1S/C34H34ClN7O2/c1-4-31(43)30-20-23(12-13-36-30)22-6-11-27(29(35)19-22)28-18-24-21-37-34(39-32(24)42(5-2)33(28)44)38-25-7-9-26(10-8-25)41-16-14-40(3)15-17-41/h6-13,18-21H,4-5,14-17H2,1-3H3,(H,37,38,39). The zero-order valence-electron chi connectivity index (χ0n) is 25.0. The number of likely N-dealkylation sites (N-methyl/N-ethyl adjacent to an activating group) is 1. The molecule has 5 aromatic rings. The quantitative estimate of drug-likeness (QED) is 0.206. The SMILES string of the molecule is CCC(=O)c1cc(-c2ccc(-c3cc4cnc(Nc5ccc(N6CCN(C)CC6)cc5)nc4n(CC)c3=O)c(Cl)c2)ccn1. The van der Waals surface area contributed by atoms with Gasteiger partial charge in [-0.2, -0.15) is 4.98 Å². The van der Waals surface area contributed by atoms with Gasteiger partial charge in [0.15, 0.2) is 5.78 Å². The Morgan fingerprint density at radius 2 is 1.66 bits per heavy atom. The Bertz CT molecular complexity index is 1900. The number of ketones is 1. The van der Waals surface area contributed by atoms with Crippen LogP contribution in [0.25, 0.3) is 33.3 Å². The maximum absolute atomic E-state index is 13.7. The second-order valence-corrected chi connectivity index (χ2v) is 11.4. The zero-order valence-corrected chi connectivity index (χ0v) is 25.8. The number of fused-ring (bicyclic) bond motifs is 1. The number of pyridine rings is 2. The van der Waals surface area contributed by atoms with Gasteiger partial charge in [-0.1, -0.05) is 30.7 Å². The lowest BCUT2D eigenvalue weighted by Gasteiger charge is -2.34. The minimum atomic E-state index is -0.185. The summed E-state index contributed by atoms with van der Waals surface area (Å²) in [4.78, 5) is 44.1. The van der Waals surface area contributed by atoms with E-state index in [-0.39, 0.29) is 11.3 Å². The van der Waals surface area contributed by atoms with E-state index in [0.717, 1.165) is 48.4 Å². The molecular formula is C34H34ClN7O2. The van der Waals surface area contributed by atoms with Gasteiger partial charge < -0.3 is 15.1 Å². The number of hydrogen-bond acceptors (Lipinski definition) is 8. The highest BCUT2D eigenvalue weighted by atomic mass is 35.5. The fraction of sp³-hybridized carbons (Fsp3) is 0.265. The Hall–Kier alpha value is -4.60. The van der Waals surface area contributed by atoms with Crippen molar-refractivity contribution in [2.24, 2.45) is 0 Å². The second kappa shape index (κ2) is 12.6. The van der Waals surface area contributed by atoms with E-state index in [0.29, 0.717) is 46.4 Å². The fourth-order valence-electron chi connectivity index (χ4n) is 5.51. The van der Waals surface area contributed by atoms with Crippen LogP contribution in [0, 0.1) is 0 Å². The molecule has 1 aliphatic heterocycles. The van der Waals surface area contributed by atoms with E-state index >= 15 is 0 Å². The largest absolute Gasteiger partial charge is 0.369 e. The molecule has 0 radical (unpaired) electrons. The van der Waals surface area contributed by atoms with Gasteiger partial charge in [-0.3, -0.25) is 19.1 Å². The topological polar surface area (TPSA) is 96.3 Å². The predicted octanol–water partition coefficient (Wildman–Crippen LogP) is 6.28. The molecule has 0 unspecified atom stereocenters. The van der Waals surface area contributed by atoms with Crippen LogP contribution in [0.15, 0.2) is 77.9 Å². The molecule has 0 saturated carbocycles. The number of anilines is 3. The third-order valence-corrected chi connectivity index (χ3v) is 8.41. The van der Waals surface area contributed by atoms with E-state index in [2.05, 4.69) is 44.3 Å². The summed E-state index contributed by atoms with van der Waals surface area (Å²) in [7, 11) is 2.15. The van der Waals surface area contributed by atoms with Crippen molar-refractivity contribution in [3.05, 3.63) is 94.1 Å². The lowest BCUT2D eigenvalue weighted by atomic mass is 10.00. The third-order valence-electron chi connectivity index (χ3n) is 8.09. The molecule has 0 spiro atoms. The van der Waals surface area contributed by atoms with Crippen molar-refractivity contribution in [1.29, 1.82) is 0 Å². The Labute approximate surface area is 261 Å². The van der Waals surface area contributed by atoms with Crippen LogP contribution in [0.3, 0.4) is 0 Å². The molecule has 0 amide bonds. The van der Waals surface area contributed by atoms with Gasteiger partial charge >= 0.3 is 0 Å². The van der Waals surface area contributed by atoms with Crippen LogP contribution in [-0.2, 0) is 6.54 Å². The third kappa shape index (κ3) is 5.93. The number of carbonyl (C=O) groups is 1. The number of benzene rings is 2. The van der Waals surface area contributed by atoms with E-state index in [1.807, 2.05) is 50.2 Å². The fourth-order valence-corrected chi connectivity index (χ4v) is 5.79. The van der Waals surface area contributed by atoms with Crippen LogP contribution in [0.5, 0.6) is 0 Å². The smallest absolute Gasteiger partial charge is 0.260 e. The highest BCUT2D eigenvalue weighted by Crippen LogP contribution is 2.32. The Balaban J connectivity index is 1.27. The summed E-state index contributed by atoms with van der Waals surface area (Å²) in [5, 5.41) is 4.45. The number of aryl methyl sites for hydroxylation is 1. The van der Waals surface area contributed by atoms with Crippen molar-refractivity contribution in [2.45, 2.75) is 26.8 Å². The number of aromatic nitrogens is 4. The van der Waals surface area contributed by atoms with Crippen LogP contribution >= 0.6 is 11.6 Å². The zero-order chi connectivity index (χ0) is 30.8. The van der Waals surface area contributed by atoms with Crippen molar-refractivity contribution in [3.8, 4) is 22.3 Å². The molecule has 3 aromatic heterocycles. The lowest BCUT2D eigenvalue weighted by Crippen LogP contribution is -2.44. The number of Topliss-reactive ketones (excluding diaryl/α,β-unsaturated/α-hetero) is 1. The molecule has 44 heavy (non-hydrogen) atoms. The lowest BCUT2D eigenvalue weighted by molar-refractivity contribution is 0.0983. The van der Waals surface area contributed by atoms with Gasteiger partial charge in [0.25, 0.3) is 5.56 Å². The summed E-state index contributed by atoms with van der Waals surface area (Å²) in [6.07, 6.45) is 3.73. The summed E-state index contributed by atoms with van der Waals surface area (Å²) < 4.78 is 1.64. The summed E-state index contributed by atoms with van der Waals surface area (Å²) in [6.45, 7) is 8.28. The minimum absolute atomic E-state index is 0.0226. The summed E-state index contributed by atoms with van der Waals surface area (Å²) >= 11 is 6.77. The molecule has 9 nitrogen and oxygen atoms in total. The van der Waals surface area contributed by atoms with Crippen LogP contribution in [0.1, 0.15) is 30.8 Å². The number of halogens is 1. The molecule has 0 atom stereocenters. The number of nitrogens with one attached hydrogen (secondary N) is 1. The monoisotopic (exact) mass is 607 g/mol. The minimum Gasteiger partial charge on any atom is -0.369 e.